The molecule has 0 radical (unpaired) electrons. The van der Waals surface area contributed by atoms with E-state index in [1.807, 2.05) is 0 Å². The van der Waals surface area contributed by atoms with Gasteiger partial charge in [-0.05, 0) is 73.0 Å². The van der Waals surface area contributed by atoms with Crippen LogP contribution in [0.5, 0.6) is 0 Å². The fraction of sp³-hybridized carbons (Fsp3) is 0.500. The first-order valence-electron chi connectivity index (χ1n) is 6.71. The molecule has 0 bridgehead atoms. The molecule has 1 aliphatic heterocycles. The zero-order chi connectivity index (χ0) is 14.5. The van der Waals surface area contributed by atoms with Crippen LogP contribution < -0.4 is 10.6 Å². The van der Waals surface area contributed by atoms with E-state index in [2.05, 4.69) is 10.6 Å². The second-order valence-electron chi connectivity index (χ2n) is 5.03. The minimum Gasteiger partial charge on any atom is -0.326 e. The summed E-state index contributed by atoms with van der Waals surface area (Å²) in [5.41, 5.74) is 0.177. The monoisotopic (exact) mass is 430 g/mol. The molecule has 0 spiro atoms. The highest BCUT2D eigenvalue weighted by Gasteiger charge is 2.15. The van der Waals surface area contributed by atoms with Crippen LogP contribution in [0, 0.1) is 21.1 Å². The summed E-state index contributed by atoms with van der Waals surface area (Å²) in [5, 5.41) is 5.83. The second kappa shape index (κ2) is 8.85. The molecule has 118 valence electrons. The summed E-state index contributed by atoms with van der Waals surface area (Å²) in [6, 6.07) is 2.29. The van der Waals surface area contributed by atoms with Gasteiger partial charge in [0.25, 0.3) is 0 Å². The van der Waals surface area contributed by atoms with Crippen molar-refractivity contribution < 1.29 is 13.6 Å². The number of halogens is 4. The van der Waals surface area contributed by atoms with E-state index in [4.69, 9.17) is 0 Å². The fourth-order valence-corrected chi connectivity index (χ4v) is 2.67. The van der Waals surface area contributed by atoms with Crippen molar-refractivity contribution in [3.05, 3.63) is 27.3 Å². The predicted molar refractivity (Wildman–Crippen MR) is 89.8 cm³/mol. The zero-order valence-electron chi connectivity index (χ0n) is 11.4. The maximum absolute atomic E-state index is 13.4. The molecule has 0 unspecified atom stereocenters. The van der Waals surface area contributed by atoms with E-state index in [1.54, 1.807) is 22.6 Å². The van der Waals surface area contributed by atoms with Gasteiger partial charge in [0.15, 0.2) is 0 Å². The van der Waals surface area contributed by atoms with Gasteiger partial charge in [0.1, 0.15) is 11.6 Å². The Labute approximate surface area is 142 Å². The Bertz CT molecular complexity index is 473. The number of benzene rings is 1. The Hall–Kier alpha value is -0.470. The van der Waals surface area contributed by atoms with Crippen molar-refractivity contribution in [2.75, 3.05) is 18.4 Å². The average Bonchev–Trinajstić information content (AvgIpc) is 2.43. The van der Waals surface area contributed by atoms with Gasteiger partial charge >= 0.3 is 0 Å². The first-order valence-corrected chi connectivity index (χ1v) is 7.79. The minimum absolute atomic E-state index is 0. The summed E-state index contributed by atoms with van der Waals surface area (Å²) < 4.78 is 26.7. The normalized spacial score (nSPS) is 15.4. The van der Waals surface area contributed by atoms with E-state index in [9.17, 15) is 13.6 Å². The molecule has 2 N–H and O–H groups in total. The Kier molecular flexibility index (Phi) is 7.83. The first kappa shape index (κ1) is 18.6. The lowest BCUT2D eigenvalue weighted by atomic mass is 9.93. The SMILES string of the molecule is Cl.O=C(CCC1CCNCC1)Nc1cc(F)c(I)c(F)c1. The molecular formula is C14H18ClF2IN2O. The third kappa shape index (κ3) is 5.67. The van der Waals surface area contributed by atoms with E-state index in [-0.39, 0.29) is 27.6 Å². The first-order chi connectivity index (χ1) is 9.56. The van der Waals surface area contributed by atoms with Crippen LogP contribution >= 0.6 is 35.0 Å². The van der Waals surface area contributed by atoms with Crippen LogP contribution in [0.4, 0.5) is 14.5 Å². The van der Waals surface area contributed by atoms with Gasteiger partial charge in [0.05, 0.1) is 3.57 Å². The van der Waals surface area contributed by atoms with Crippen molar-refractivity contribution in [1.29, 1.82) is 0 Å². The molecule has 1 amide bonds. The predicted octanol–water partition coefficient (Wildman–Crippen LogP) is 3.71. The molecule has 2 rings (SSSR count). The van der Waals surface area contributed by atoms with Gasteiger partial charge < -0.3 is 10.6 Å². The lowest BCUT2D eigenvalue weighted by Gasteiger charge is -2.22. The van der Waals surface area contributed by atoms with Crippen molar-refractivity contribution in [3.8, 4) is 0 Å². The number of carbonyl (C=O) groups is 1. The molecule has 1 heterocycles. The van der Waals surface area contributed by atoms with E-state index in [0.29, 0.717) is 12.3 Å². The Morgan fingerprint density at radius 3 is 2.43 bits per heavy atom. The lowest BCUT2D eigenvalue weighted by molar-refractivity contribution is -0.116. The largest absolute Gasteiger partial charge is 0.326 e. The van der Waals surface area contributed by atoms with Gasteiger partial charge in [-0.2, -0.15) is 0 Å². The quantitative estimate of drug-likeness (QED) is 0.565. The molecule has 0 atom stereocenters. The summed E-state index contributed by atoms with van der Waals surface area (Å²) in [6.07, 6.45) is 3.38. The molecule has 1 aromatic rings. The third-order valence-electron chi connectivity index (χ3n) is 3.51. The summed E-state index contributed by atoms with van der Waals surface area (Å²) in [6.45, 7) is 2.00. The molecule has 0 saturated carbocycles. The molecule has 0 aromatic heterocycles. The summed E-state index contributed by atoms with van der Waals surface area (Å²) in [5.74, 6) is -0.936. The highest BCUT2D eigenvalue weighted by molar-refractivity contribution is 14.1. The molecule has 1 fully saturated rings. The highest BCUT2D eigenvalue weighted by Crippen LogP contribution is 2.21. The van der Waals surface area contributed by atoms with Crippen LogP contribution in [-0.2, 0) is 4.79 Å². The molecule has 0 aliphatic carbocycles. The van der Waals surface area contributed by atoms with Gasteiger partial charge in [-0.15, -0.1) is 12.4 Å². The van der Waals surface area contributed by atoms with E-state index in [0.717, 1.165) is 44.5 Å². The van der Waals surface area contributed by atoms with Crippen molar-refractivity contribution in [2.24, 2.45) is 5.92 Å². The minimum atomic E-state index is -0.653. The zero-order valence-corrected chi connectivity index (χ0v) is 14.4. The highest BCUT2D eigenvalue weighted by atomic mass is 127. The number of amides is 1. The molecule has 21 heavy (non-hydrogen) atoms. The Morgan fingerprint density at radius 1 is 1.29 bits per heavy atom. The van der Waals surface area contributed by atoms with Crippen molar-refractivity contribution in [1.82, 2.24) is 5.32 Å². The molecule has 7 heteroatoms. The summed E-state index contributed by atoms with van der Waals surface area (Å²) in [4.78, 5) is 11.8. The lowest BCUT2D eigenvalue weighted by Crippen LogP contribution is -2.28. The molecule has 1 aromatic carbocycles. The van der Waals surface area contributed by atoms with Crippen LogP contribution in [0.1, 0.15) is 25.7 Å². The van der Waals surface area contributed by atoms with Crippen LogP contribution in [0.3, 0.4) is 0 Å². The van der Waals surface area contributed by atoms with Gasteiger partial charge in [0.2, 0.25) is 5.91 Å². The van der Waals surface area contributed by atoms with Crippen molar-refractivity contribution in [3.63, 3.8) is 0 Å². The maximum Gasteiger partial charge on any atom is 0.224 e. The van der Waals surface area contributed by atoms with Gasteiger partial charge in [-0.25, -0.2) is 8.78 Å². The van der Waals surface area contributed by atoms with E-state index in [1.165, 1.54) is 0 Å². The van der Waals surface area contributed by atoms with Gasteiger partial charge in [-0.3, -0.25) is 4.79 Å². The van der Waals surface area contributed by atoms with Gasteiger partial charge in [0, 0.05) is 12.1 Å². The number of carbonyl (C=O) groups excluding carboxylic acids is 1. The third-order valence-corrected chi connectivity index (χ3v) is 4.54. The van der Waals surface area contributed by atoms with E-state index >= 15 is 0 Å². The van der Waals surface area contributed by atoms with Crippen molar-refractivity contribution in [2.45, 2.75) is 25.7 Å². The van der Waals surface area contributed by atoms with Crippen LogP contribution in [0.25, 0.3) is 0 Å². The summed E-state index contributed by atoms with van der Waals surface area (Å²) in [7, 11) is 0. The standard InChI is InChI=1S/C14H17F2IN2O.ClH/c15-11-7-10(8-12(16)14(11)17)19-13(20)2-1-9-3-5-18-6-4-9;/h7-9,18H,1-6H2,(H,19,20);1H. The van der Waals surface area contributed by atoms with Crippen LogP contribution in [0.2, 0.25) is 0 Å². The number of hydrogen-bond acceptors (Lipinski definition) is 2. The number of nitrogens with one attached hydrogen (secondary N) is 2. The average molecular weight is 431 g/mol. The molecule has 1 aliphatic rings. The van der Waals surface area contributed by atoms with Gasteiger partial charge in [-0.1, -0.05) is 0 Å². The van der Waals surface area contributed by atoms with Crippen LogP contribution in [0.15, 0.2) is 12.1 Å². The smallest absolute Gasteiger partial charge is 0.224 e. The summed E-state index contributed by atoms with van der Waals surface area (Å²) >= 11 is 1.60. The number of anilines is 1. The second-order valence-corrected chi connectivity index (χ2v) is 6.11. The molecular weight excluding hydrogens is 413 g/mol. The van der Waals surface area contributed by atoms with Crippen molar-refractivity contribution >= 4 is 46.6 Å². The molecule has 1 saturated heterocycles. The van der Waals surface area contributed by atoms with E-state index < -0.39 is 11.6 Å². The number of rotatable bonds is 4. The number of piperidine rings is 1. The topological polar surface area (TPSA) is 41.1 Å². The fourth-order valence-electron chi connectivity index (χ4n) is 2.36. The molecule has 3 nitrogen and oxygen atoms in total. The Balaban J connectivity index is 0.00000220. The Morgan fingerprint density at radius 2 is 1.86 bits per heavy atom. The maximum atomic E-state index is 13.4. The number of hydrogen-bond donors (Lipinski definition) is 2. The van der Waals surface area contributed by atoms with Crippen LogP contribution in [-0.4, -0.2) is 19.0 Å².